The first kappa shape index (κ1) is 28.8. The first-order chi connectivity index (χ1) is 19.8. The van der Waals surface area contributed by atoms with E-state index >= 15 is 0 Å². The first-order valence-electron chi connectivity index (χ1n) is 13.1. The largest absolute Gasteiger partial charge is 0.354 e. The van der Waals surface area contributed by atoms with E-state index in [-0.39, 0.29) is 18.0 Å². The SMILES string of the molecule is O=C(NCc1cc(-c2ccc(Br)cc2)nc(NCCc2ccccn2)n1)C1CCCN1S(=O)(=O)c1ccc(F)cc1. The molecule has 1 saturated heterocycles. The quantitative estimate of drug-likeness (QED) is 0.261. The molecule has 1 amide bonds. The molecule has 5 rings (SSSR count). The van der Waals surface area contributed by atoms with Gasteiger partial charge in [0.25, 0.3) is 0 Å². The summed E-state index contributed by atoms with van der Waals surface area (Å²) in [4.78, 5) is 26.8. The maximum absolute atomic E-state index is 13.4. The van der Waals surface area contributed by atoms with Gasteiger partial charge in [0.1, 0.15) is 11.9 Å². The fourth-order valence-corrected chi connectivity index (χ4v) is 6.53. The summed E-state index contributed by atoms with van der Waals surface area (Å²) >= 11 is 3.45. The smallest absolute Gasteiger partial charge is 0.243 e. The summed E-state index contributed by atoms with van der Waals surface area (Å²) in [6.45, 7) is 0.856. The highest BCUT2D eigenvalue weighted by Gasteiger charge is 2.39. The van der Waals surface area contributed by atoms with Crippen LogP contribution in [-0.2, 0) is 27.8 Å². The lowest BCUT2D eigenvalue weighted by Crippen LogP contribution is -2.45. The monoisotopic (exact) mass is 638 g/mol. The number of nitrogens with zero attached hydrogens (tertiary/aromatic N) is 4. The lowest BCUT2D eigenvalue weighted by atomic mass is 10.1. The zero-order chi connectivity index (χ0) is 28.8. The van der Waals surface area contributed by atoms with Gasteiger partial charge in [-0.1, -0.05) is 34.1 Å². The van der Waals surface area contributed by atoms with Gasteiger partial charge in [0.05, 0.1) is 22.8 Å². The predicted octanol–water partition coefficient (Wildman–Crippen LogP) is 4.56. The lowest BCUT2D eigenvalue weighted by molar-refractivity contribution is -0.124. The van der Waals surface area contributed by atoms with Crippen molar-refractivity contribution in [2.45, 2.75) is 36.7 Å². The van der Waals surface area contributed by atoms with Gasteiger partial charge in [0.15, 0.2) is 0 Å². The molecule has 1 unspecified atom stereocenters. The number of benzene rings is 2. The molecule has 12 heteroatoms. The van der Waals surface area contributed by atoms with Crippen molar-refractivity contribution in [3.63, 3.8) is 0 Å². The molecule has 0 aliphatic carbocycles. The van der Waals surface area contributed by atoms with Crippen molar-refractivity contribution in [3.8, 4) is 11.3 Å². The van der Waals surface area contributed by atoms with Crippen LogP contribution in [0.2, 0.25) is 0 Å². The van der Waals surface area contributed by atoms with Crippen LogP contribution in [0.25, 0.3) is 11.3 Å². The van der Waals surface area contributed by atoms with Crippen molar-refractivity contribution in [2.24, 2.45) is 0 Å². The van der Waals surface area contributed by atoms with Gasteiger partial charge >= 0.3 is 0 Å². The maximum Gasteiger partial charge on any atom is 0.243 e. The van der Waals surface area contributed by atoms with Crippen LogP contribution in [0.15, 0.2) is 88.4 Å². The van der Waals surface area contributed by atoms with Crippen molar-refractivity contribution < 1.29 is 17.6 Å². The molecule has 2 aromatic carbocycles. The van der Waals surface area contributed by atoms with Gasteiger partial charge in [-0.05, 0) is 67.4 Å². The van der Waals surface area contributed by atoms with Crippen molar-refractivity contribution >= 4 is 37.8 Å². The Bertz CT molecular complexity index is 1610. The number of halogens is 2. The standard InChI is InChI=1S/C29H28BrFN6O3S/c30-21-8-6-20(7-9-21)26-18-24(35-29(36-26)33-16-14-23-4-1-2-15-32-23)19-34-28(38)27-5-3-17-37(27)41(39,40)25-12-10-22(31)11-13-25/h1-2,4,6-13,15,18,27H,3,5,14,16-17,19H2,(H,34,38)(H,33,35,36). The molecule has 2 aromatic heterocycles. The van der Waals surface area contributed by atoms with E-state index in [1.54, 1.807) is 12.3 Å². The second kappa shape index (κ2) is 12.8. The fourth-order valence-electron chi connectivity index (χ4n) is 4.61. The van der Waals surface area contributed by atoms with E-state index in [0.717, 1.165) is 27.9 Å². The van der Waals surface area contributed by atoms with E-state index in [9.17, 15) is 17.6 Å². The highest BCUT2D eigenvalue weighted by Crippen LogP contribution is 2.27. The molecule has 212 valence electrons. The molecule has 3 heterocycles. The number of pyridine rings is 1. The zero-order valence-corrected chi connectivity index (χ0v) is 24.4. The molecular formula is C29H28BrFN6O3S. The Morgan fingerprint density at radius 2 is 1.80 bits per heavy atom. The van der Waals surface area contributed by atoms with E-state index in [1.807, 2.05) is 42.5 Å². The topological polar surface area (TPSA) is 117 Å². The van der Waals surface area contributed by atoms with Gasteiger partial charge in [-0.3, -0.25) is 9.78 Å². The molecule has 2 N–H and O–H groups in total. The van der Waals surface area contributed by atoms with Crippen LogP contribution in [0, 0.1) is 5.82 Å². The molecule has 1 aliphatic heterocycles. The van der Waals surface area contributed by atoms with Gasteiger partial charge in [0.2, 0.25) is 21.9 Å². The number of hydrogen-bond donors (Lipinski definition) is 2. The number of rotatable bonds is 10. The molecule has 0 saturated carbocycles. The number of aromatic nitrogens is 3. The van der Waals surface area contributed by atoms with E-state index < -0.39 is 27.8 Å². The molecule has 41 heavy (non-hydrogen) atoms. The highest BCUT2D eigenvalue weighted by atomic mass is 79.9. The average molecular weight is 640 g/mol. The predicted molar refractivity (Wildman–Crippen MR) is 157 cm³/mol. The van der Waals surface area contributed by atoms with Gasteiger partial charge in [-0.25, -0.2) is 22.8 Å². The zero-order valence-electron chi connectivity index (χ0n) is 22.0. The van der Waals surface area contributed by atoms with Gasteiger partial charge in [0, 0.05) is 41.4 Å². The Morgan fingerprint density at radius 3 is 2.54 bits per heavy atom. The summed E-state index contributed by atoms with van der Waals surface area (Å²) in [5, 5.41) is 6.11. The van der Waals surface area contributed by atoms with Gasteiger partial charge in [-0.15, -0.1) is 0 Å². The van der Waals surface area contributed by atoms with Crippen LogP contribution in [0.3, 0.4) is 0 Å². The van der Waals surface area contributed by atoms with Crippen LogP contribution in [0.5, 0.6) is 0 Å². The van der Waals surface area contributed by atoms with Crippen LogP contribution < -0.4 is 10.6 Å². The molecule has 4 aromatic rings. The molecule has 0 spiro atoms. The van der Waals surface area contributed by atoms with E-state index in [1.165, 1.54) is 16.4 Å². The Hall–Kier alpha value is -3.74. The minimum atomic E-state index is -3.96. The maximum atomic E-state index is 13.4. The number of nitrogens with one attached hydrogen (secondary N) is 2. The summed E-state index contributed by atoms with van der Waals surface area (Å²) in [5.74, 6) is -0.536. The van der Waals surface area contributed by atoms with Crippen LogP contribution in [-0.4, -0.2) is 52.7 Å². The Balaban J connectivity index is 1.31. The van der Waals surface area contributed by atoms with Crippen LogP contribution in [0.4, 0.5) is 10.3 Å². The number of carbonyl (C=O) groups excluding carboxylic acids is 1. The van der Waals surface area contributed by atoms with Crippen molar-refractivity contribution in [1.82, 2.24) is 24.6 Å². The van der Waals surface area contributed by atoms with Gasteiger partial charge in [-0.2, -0.15) is 4.31 Å². The normalized spacial score (nSPS) is 15.5. The summed E-state index contributed by atoms with van der Waals surface area (Å²) in [7, 11) is -3.96. The van der Waals surface area contributed by atoms with E-state index in [0.29, 0.717) is 43.1 Å². The third-order valence-corrected chi connectivity index (χ3v) is 9.13. The van der Waals surface area contributed by atoms with Crippen molar-refractivity contribution in [1.29, 1.82) is 0 Å². The average Bonchev–Trinajstić information content (AvgIpc) is 3.48. The number of hydrogen-bond acceptors (Lipinski definition) is 7. The lowest BCUT2D eigenvalue weighted by Gasteiger charge is -2.23. The molecule has 1 aliphatic rings. The molecule has 9 nitrogen and oxygen atoms in total. The first-order valence-corrected chi connectivity index (χ1v) is 15.4. The number of carbonyl (C=O) groups is 1. The molecule has 0 radical (unpaired) electrons. The summed E-state index contributed by atoms with van der Waals surface area (Å²) in [6, 6.07) is 19.0. The van der Waals surface area contributed by atoms with Crippen molar-refractivity contribution in [2.75, 3.05) is 18.4 Å². The Morgan fingerprint density at radius 1 is 1.02 bits per heavy atom. The Kier molecular flexibility index (Phi) is 9.01. The summed E-state index contributed by atoms with van der Waals surface area (Å²) in [5.41, 5.74) is 3.06. The third kappa shape index (κ3) is 7.13. The number of anilines is 1. The van der Waals surface area contributed by atoms with E-state index in [4.69, 9.17) is 0 Å². The molecule has 0 bridgehead atoms. The second-order valence-corrected chi connectivity index (χ2v) is 12.3. The molecule has 1 atom stereocenters. The van der Waals surface area contributed by atoms with Crippen molar-refractivity contribution in [3.05, 3.63) is 101 Å². The fraction of sp³-hybridized carbons (Fsp3) is 0.241. The van der Waals surface area contributed by atoms with Crippen LogP contribution in [0.1, 0.15) is 24.2 Å². The van der Waals surface area contributed by atoms with Crippen LogP contribution >= 0.6 is 15.9 Å². The summed E-state index contributed by atoms with van der Waals surface area (Å²) < 4.78 is 41.9. The van der Waals surface area contributed by atoms with E-state index in [2.05, 4.69) is 41.5 Å². The van der Waals surface area contributed by atoms with Gasteiger partial charge < -0.3 is 10.6 Å². The molecule has 1 fully saturated rings. The minimum absolute atomic E-state index is 0.0463. The number of amides is 1. The highest BCUT2D eigenvalue weighted by molar-refractivity contribution is 9.10. The minimum Gasteiger partial charge on any atom is -0.354 e. The molecular weight excluding hydrogens is 611 g/mol. The Labute approximate surface area is 246 Å². The third-order valence-electron chi connectivity index (χ3n) is 6.68. The second-order valence-electron chi connectivity index (χ2n) is 9.52. The summed E-state index contributed by atoms with van der Waals surface area (Å²) in [6.07, 6.45) is 3.36. The number of sulfonamides is 1.